The summed E-state index contributed by atoms with van der Waals surface area (Å²) >= 11 is 3.47. The third kappa shape index (κ3) is 2.18. The highest BCUT2D eigenvalue weighted by molar-refractivity contribution is 9.10. The highest BCUT2D eigenvalue weighted by Crippen LogP contribution is 2.32. The largest absolute Gasteiger partial charge is 0.443 e. The van der Waals surface area contributed by atoms with Crippen molar-refractivity contribution in [1.29, 1.82) is 5.26 Å². The van der Waals surface area contributed by atoms with Crippen molar-refractivity contribution in [3.05, 3.63) is 40.6 Å². The monoisotopic (exact) mass is 359 g/mol. The van der Waals surface area contributed by atoms with E-state index in [0.717, 1.165) is 15.4 Å². The topological polar surface area (TPSA) is 59.4 Å². The number of hydrogen-bond donors (Lipinski definition) is 0. The van der Waals surface area contributed by atoms with E-state index in [2.05, 4.69) is 22.0 Å². The molecule has 0 saturated carbocycles. The Morgan fingerprint density at radius 1 is 1.32 bits per heavy atom. The number of rotatable bonds is 0. The first-order chi connectivity index (χ1) is 10.3. The average Bonchev–Trinajstić information content (AvgIpc) is 2.95. The van der Waals surface area contributed by atoms with Crippen LogP contribution in [0.2, 0.25) is 0 Å². The van der Waals surface area contributed by atoms with Crippen LogP contribution in [0, 0.1) is 11.3 Å². The number of aromatic nitrogens is 2. The Labute approximate surface area is 135 Å². The third-order valence-electron chi connectivity index (χ3n) is 3.25. The summed E-state index contributed by atoms with van der Waals surface area (Å²) in [7, 11) is 0. The molecule has 0 N–H and O–H groups in total. The standard InChI is InChI=1S/C16H14BrN3O2/c1-16(2,3)22-15(21)20-8-7-19-12-6-4-5-11(17)13(12)10(9-18)14(19)20/h4-8H,1-3H3. The molecule has 3 aromatic rings. The van der Waals surface area contributed by atoms with E-state index in [1.165, 1.54) is 4.57 Å². The molecule has 0 atom stereocenters. The summed E-state index contributed by atoms with van der Waals surface area (Å²) in [6, 6.07) is 7.88. The van der Waals surface area contributed by atoms with Crippen LogP contribution in [0.5, 0.6) is 0 Å². The van der Waals surface area contributed by atoms with Gasteiger partial charge in [-0.2, -0.15) is 5.26 Å². The predicted molar refractivity (Wildman–Crippen MR) is 86.9 cm³/mol. The van der Waals surface area contributed by atoms with Gasteiger partial charge in [0, 0.05) is 22.3 Å². The molecule has 0 amide bonds. The van der Waals surface area contributed by atoms with Crippen molar-refractivity contribution in [2.45, 2.75) is 26.4 Å². The van der Waals surface area contributed by atoms with Gasteiger partial charge in [0.05, 0.1) is 5.52 Å². The van der Waals surface area contributed by atoms with E-state index < -0.39 is 11.7 Å². The number of carbonyl (C=O) groups is 1. The van der Waals surface area contributed by atoms with Crippen molar-refractivity contribution in [3.8, 4) is 6.07 Å². The minimum Gasteiger partial charge on any atom is -0.443 e. The van der Waals surface area contributed by atoms with Gasteiger partial charge in [-0.3, -0.25) is 4.40 Å². The maximum absolute atomic E-state index is 12.4. The fourth-order valence-electron chi connectivity index (χ4n) is 2.46. The van der Waals surface area contributed by atoms with Crippen LogP contribution in [0.4, 0.5) is 4.79 Å². The van der Waals surface area contributed by atoms with Crippen molar-refractivity contribution in [1.82, 2.24) is 8.97 Å². The molecule has 0 aliphatic carbocycles. The summed E-state index contributed by atoms with van der Waals surface area (Å²) < 4.78 is 9.42. The zero-order chi connectivity index (χ0) is 16.1. The van der Waals surface area contributed by atoms with E-state index in [4.69, 9.17) is 4.74 Å². The van der Waals surface area contributed by atoms with Crippen molar-refractivity contribution in [2.24, 2.45) is 0 Å². The maximum Gasteiger partial charge on any atom is 0.420 e. The zero-order valence-electron chi connectivity index (χ0n) is 12.4. The molecule has 6 heteroatoms. The fourth-order valence-corrected chi connectivity index (χ4v) is 3.02. The van der Waals surface area contributed by atoms with Crippen LogP contribution < -0.4 is 0 Å². The van der Waals surface area contributed by atoms with E-state index in [1.807, 2.05) is 43.4 Å². The smallest absolute Gasteiger partial charge is 0.420 e. The van der Waals surface area contributed by atoms with Gasteiger partial charge in [0.2, 0.25) is 0 Å². The van der Waals surface area contributed by atoms with Gasteiger partial charge in [-0.25, -0.2) is 9.36 Å². The van der Waals surface area contributed by atoms with Crippen LogP contribution in [0.25, 0.3) is 16.6 Å². The molecule has 1 aromatic carbocycles. The molecular formula is C16H14BrN3O2. The van der Waals surface area contributed by atoms with Gasteiger partial charge < -0.3 is 4.74 Å². The van der Waals surface area contributed by atoms with E-state index in [0.29, 0.717) is 11.2 Å². The van der Waals surface area contributed by atoms with Gasteiger partial charge in [-0.05, 0) is 32.9 Å². The SMILES string of the molecule is CC(C)(C)OC(=O)n1ccn2c3cccc(Br)c3c(C#N)c12. The molecular weight excluding hydrogens is 346 g/mol. The first-order valence-electron chi connectivity index (χ1n) is 6.76. The highest BCUT2D eigenvalue weighted by Gasteiger charge is 2.23. The minimum absolute atomic E-state index is 0.443. The lowest BCUT2D eigenvalue weighted by Gasteiger charge is -2.19. The summed E-state index contributed by atoms with van der Waals surface area (Å²) in [5, 5.41) is 10.3. The first-order valence-corrected chi connectivity index (χ1v) is 7.56. The van der Waals surface area contributed by atoms with Crippen molar-refractivity contribution in [2.75, 3.05) is 0 Å². The van der Waals surface area contributed by atoms with Crippen LogP contribution in [0.1, 0.15) is 26.3 Å². The molecule has 22 heavy (non-hydrogen) atoms. The first kappa shape index (κ1) is 14.7. The molecule has 0 unspecified atom stereocenters. The average molecular weight is 360 g/mol. The Hall–Kier alpha value is -2.26. The molecule has 0 spiro atoms. The summed E-state index contributed by atoms with van der Waals surface area (Å²) in [5.41, 5.74) is 1.22. The molecule has 0 fully saturated rings. The van der Waals surface area contributed by atoms with Crippen LogP contribution in [0.15, 0.2) is 35.1 Å². The third-order valence-corrected chi connectivity index (χ3v) is 3.91. The van der Waals surface area contributed by atoms with E-state index in [-0.39, 0.29) is 0 Å². The van der Waals surface area contributed by atoms with Crippen LogP contribution in [-0.4, -0.2) is 20.7 Å². The zero-order valence-corrected chi connectivity index (χ0v) is 14.0. The molecule has 0 radical (unpaired) electrons. The second kappa shape index (κ2) is 4.89. The lowest BCUT2D eigenvalue weighted by atomic mass is 10.2. The molecule has 2 heterocycles. The summed E-state index contributed by atoms with van der Waals surface area (Å²) in [4.78, 5) is 12.4. The van der Waals surface area contributed by atoms with Crippen LogP contribution in [0.3, 0.4) is 0 Å². The second-order valence-electron chi connectivity index (χ2n) is 5.96. The number of benzene rings is 1. The molecule has 112 valence electrons. The number of imidazole rings is 1. The Balaban J connectivity index is 2.32. The Morgan fingerprint density at radius 2 is 2.05 bits per heavy atom. The van der Waals surface area contributed by atoms with Gasteiger partial charge in [0.1, 0.15) is 22.9 Å². The fraction of sp³-hybridized carbons (Fsp3) is 0.250. The number of fused-ring (bicyclic) bond motifs is 3. The van der Waals surface area contributed by atoms with Gasteiger partial charge in [-0.15, -0.1) is 0 Å². The maximum atomic E-state index is 12.4. The van der Waals surface area contributed by atoms with Gasteiger partial charge in [0.25, 0.3) is 0 Å². The number of nitrogens with zero attached hydrogens (tertiary/aromatic N) is 3. The number of halogens is 1. The van der Waals surface area contributed by atoms with Crippen molar-refractivity contribution < 1.29 is 9.53 Å². The lowest BCUT2D eigenvalue weighted by Crippen LogP contribution is -2.26. The van der Waals surface area contributed by atoms with Gasteiger partial charge >= 0.3 is 6.09 Å². The molecule has 3 rings (SSSR count). The van der Waals surface area contributed by atoms with Crippen molar-refractivity contribution in [3.63, 3.8) is 0 Å². The Kier molecular flexibility index (Phi) is 3.26. The normalized spacial score (nSPS) is 11.8. The summed E-state index contributed by atoms with van der Waals surface area (Å²) in [5.74, 6) is 0. The quantitative estimate of drug-likeness (QED) is 0.600. The van der Waals surface area contributed by atoms with Crippen LogP contribution in [-0.2, 0) is 4.74 Å². The number of ether oxygens (including phenoxy) is 1. The van der Waals surface area contributed by atoms with Gasteiger partial charge in [-0.1, -0.05) is 22.0 Å². The molecule has 0 aliphatic heterocycles. The van der Waals surface area contributed by atoms with E-state index in [9.17, 15) is 10.1 Å². The van der Waals surface area contributed by atoms with Crippen molar-refractivity contribution >= 4 is 38.6 Å². The van der Waals surface area contributed by atoms with E-state index in [1.54, 1.807) is 12.4 Å². The lowest BCUT2D eigenvalue weighted by molar-refractivity contribution is 0.0544. The Bertz CT molecular complexity index is 938. The number of hydrogen-bond acceptors (Lipinski definition) is 3. The molecule has 5 nitrogen and oxygen atoms in total. The molecule has 0 aliphatic rings. The van der Waals surface area contributed by atoms with Crippen LogP contribution >= 0.6 is 15.9 Å². The Morgan fingerprint density at radius 3 is 2.68 bits per heavy atom. The predicted octanol–water partition coefficient (Wildman–Crippen LogP) is 4.31. The van der Waals surface area contributed by atoms with E-state index >= 15 is 0 Å². The second-order valence-corrected chi connectivity index (χ2v) is 6.82. The molecule has 2 aromatic heterocycles. The van der Waals surface area contributed by atoms with Gasteiger partial charge in [0.15, 0.2) is 0 Å². The number of carbonyl (C=O) groups excluding carboxylic acids is 1. The minimum atomic E-state index is -0.599. The molecule has 0 saturated heterocycles. The molecule has 0 bridgehead atoms. The summed E-state index contributed by atoms with van der Waals surface area (Å²) in [6.45, 7) is 5.42. The number of nitriles is 1. The highest BCUT2D eigenvalue weighted by atomic mass is 79.9. The summed E-state index contributed by atoms with van der Waals surface area (Å²) in [6.07, 6.45) is 2.87.